The second-order valence-electron chi connectivity index (χ2n) is 3.63. The summed E-state index contributed by atoms with van der Waals surface area (Å²) >= 11 is 0. The predicted octanol–water partition coefficient (Wildman–Crippen LogP) is 1.88. The van der Waals surface area contributed by atoms with Gasteiger partial charge in [-0.1, -0.05) is 0 Å². The molecule has 1 N–H and O–H groups in total. The summed E-state index contributed by atoms with van der Waals surface area (Å²) in [4.78, 5) is 2.30. The van der Waals surface area contributed by atoms with Crippen LogP contribution in [0.25, 0.3) is 0 Å². The Labute approximate surface area is 86.1 Å². The molecule has 0 spiro atoms. The lowest BCUT2D eigenvalue weighted by atomic mass is 10.2. The van der Waals surface area contributed by atoms with Gasteiger partial charge in [-0.25, -0.2) is 0 Å². The Balaban J connectivity index is 2.33. The topological polar surface area (TPSA) is 28.4 Å². The molecule has 80 valence electrons. The van der Waals surface area contributed by atoms with Crippen LogP contribution in [0.2, 0.25) is 0 Å². The lowest BCUT2D eigenvalue weighted by Crippen LogP contribution is -2.25. The normalized spacial score (nSPS) is 13.4. The van der Waals surface area contributed by atoms with E-state index in [-0.39, 0.29) is 0 Å². The Morgan fingerprint density at radius 3 is 2.93 bits per heavy atom. The average Bonchev–Trinajstić information content (AvgIpc) is 2.69. The molecular formula is C11H20N2O. The molecule has 0 fully saturated rings. The van der Waals surface area contributed by atoms with E-state index < -0.39 is 0 Å². The first-order valence-corrected chi connectivity index (χ1v) is 5.14. The molecular weight excluding hydrogens is 176 g/mol. The summed E-state index contributed by atoms with van der Waals surface area (Å²) < 4.78 is 5.37. The fourth-order valence-corrected chi connectivity index (χ4v) is 1.45. The van der Waals surface area contributed by atoms with Crippen molar-refractivity contribution in [1.82, 2.24) is 10.2 Å². The maximum atomic E-state index is 5.37. The molecule has 1 aromatic rings. The third kappa shape index (κ3) is 3.16. The van der Waals surface area contributed by atoms with E-state index in [4.69, 9.17) is 4.42 Å². The van der Waals surface area contributed by atoms with Gasteiger partial charge in [0, 0.05) is 0 Å². The SMILES string of the molecule is CNCCCN(C)C(C)c1ccco1. The van der Waals surface area contributed by atoms with Crippen LogP contribution in [-0.4, -0.2) is 32.1 Å². The molecule has 3 heteroatoms. The standard InChI is InChI=1S/C11H20N2O/c1-10(11-6-4-9-14-11)13(3)8-5-7-12-2/h4,6,9-10,12H,5,7-8H2,1-3H3. The van der Waals surface area contributed by atoms with E-state index >= 15 is 0 Å². The van der Waals surface area contributed by atoms with Gasteiger partial charge in [0.05, 0.1) is 12.3 Å². The summed E-state index contributed by atoms with van der Waals surface area (Å²) in [6, 6.07) is 4.33. The summed E-state index contributed by atoms with van der Waals surface area (Å²) in [5.74, 6) is 1.04. The molecule has 0 aliphatic carbocycles. The maximum Gasteiger partial charge on any atom is 0.120 e. The Morgan fingerprint density at radius 2 is 2.36 bits per heavy atom. The van der Waals surface area contributed by atoms with Crippen molar-refractivity contribution in [3.8, 4) is 0 Å². The highest BCUT2D eigenvalue weighted by Crippen LogP contribution is 2.18. The molecule has 0 aliphatic heterocycles. The van der Waals surface area contributed by atoms with E-state index in [0.717, 1.165) is 25.3 Å². The van der Waals surface area contributed by atoms with Gasteiger partial charge in [-0.3, -0.25) is 4.90 Å². The van der Waals surface area contributed by atoms with Gasteiger partial charge in [0.2, 0.25) is 0 Å². The van der Waals surface area contributed by atoms with E-state index in [1.807, 2.05) is 19.2 Å². The van der Waals surface area contributed by atoms with Crippen molar-refractivity contribution in [2.24, 2.45) is 0 Å². The van der Waals surface area contributed by atoms with Gasteiger partial charge >= 0.3 is 0 Å². The van der Waals surface area contributed by atoms with E-state index in [9.17, 15) is 0 Å². The monoisotopic (exact) mass is 196 g/mol. The van der Waals surface area contributed by atoms with Gasteiger partial charge in [0.1, 0.15) is 5.76 Å². The molecule has 3 nitrogen and oxygen atoms in total. The first kappa shape index (κ1) is 11.3. The number of hydrogen-bond donors (Lipinski definition) is 1. The molecule has 1 heterocycles. The Kier molecular flexibility index (Phi) is 4.70. The van der Waals surface area contributed by atoms with Crippen LogP contribution in [0, 0.1) is 0 Å². The maximum absolute atomic E-state index is 5.37. The Hall–Kier alpha value is -0.800. The summed E-state index contributed by atoms with van der Waals surface area (Å²) in [5.41, 5.74) is 0. The summed E-state index contributed by atoms with van der Waals surface area (Å²) in [6.07, 6.45) is 2.89. The minimum absolute atomic E-state index is 0.363. The van der Waals surface area contributed by atoms with Gasteiger partial charge in [-0.05, 0) is 52.7 Å². The number of nitrogens with zero attached hydrogens (tertiary/aromatic N) is 1. The fraction of sp³-hybridized carbons (Fsp3) is 0.636. The van der Waals surface area contributed by atoms with E-state index in [1.165, 1.54) is 0 Å². The quantitative estimate of drug-likeness (QED) is 0.704. The van der Waals surface area contributed by atoms with E-state index in [1.54, 1.807) is 6.26 Å². The van der Waals surface area contributed by atoms with Crippen molar-refractivity contribution in [1.29, 1.82) is 0 Å². The molecule has 0 aliphatic rings. The largest absolute Gasteiger partial charge is 0.468 e. The van der Waals surface area contributed by atoms with Crippen molar-refractivity contribution in [3.05, 3.63) is 24.2 Å². The predicted molar refractivity (Wildman–Crippen MR) is 58.3 cm³/mol. The van der Waals surface area contributed by atoms with Crippen LogP contribution in [0.3, 0.4) is 0 Å². The van der Waals surface area contributed by atoms with Crippen LogP contribution in [-0.2, 0) is 0 Å². The number of hydrogen-bond acceptors (Lipinski definition) is 3. The molecule has 1 atom stereocenters. The minimum atomic E-state index is 0.363. The lowest BCUT2D eigenvalue weighted by Gasteiger charge is -2.22. The van der Waals surface area contributed by atoms with Crippen molar-refractivity contribution in [3.63, 3.8) is 0 Å². The zero-order valence-corrected chi connectivity index (χ0v) is 9.29. The van der Waals surface area contributed by atoms with E-state index in [2.05, 4.69) is 24.2 Å². The molecule has 0 bridgehead atoms. The smallest absolute Gasteiger partial charge is 0.120 e. The molecule has 1 rings (SSSR count). The van der Waals surface area contributed by atoms with Crippen molar-refractivity contribution >= 4 is 0 Å². The van der Waals surface area contributed by atoms with Gasteiger partial charge in [-0.2, -0.15) is 0 Å². The molecule has 1 unspecified atom stereocenters. The van der Waals surface area contributed by atoms with Gasteiger partial charge in [-0.15, -0.1) is 0 Å². The van der Waals surface area contributed by atoms with Crippen molar-refractivity contribution in [2.75, 3.05) is 27.2 Å². The summed E-state index contributed by atoms with van der Waals surface area (Å²) in [5, 5.41) is 3.15. The van der Waals surface area contributed by atoms with Crippen molar-refractivity contribution < 1.29 is 4.42 Å². The van der Waals surface area contributed by atoms with Crippen LogP contribution >= 0.6 is 0 Å². The summed E-state index contributed by atoms with van der Waals surface area (Å²) in [7, 11) is 4.11. The van der Waals surface area contributed by atoms with Crippen molar-refractivity contribution in [2.45, 2.75) is 19.4 Å². The first-order valence-electron chi connectivity index (χ1n) is 5.14. The molecule has 0 aromatic carbocycles. The van der Waals surface area contributed by atoms with Crippen LogP contribution < -0.4 is 5.32 Å². The highest BCUT2D eigenvalue weighted by molar-refractivity contribution is 5.03. The molecule has 1 aromatic heterocycles. The van der Waals surface area contributed by atoms with Crippen LogP contribution in [0.1, 0.15) is 25.1 Å². The third-order valence-corrected chi connectivity index (χ3v) is 2.55. The first-order chi connectivity index (χ1) is 6.75. The average molecular weight is 196 g/mol. The highest BCUT2D eigenvalue weighted by Gasteiger charge is 2.12. The van der Waals surface area contributed by atoms with Gasteiger partial charge < -0.3 is 9.73 Å². The lowest BCUT2D eigenvalue weighted by molar-refractivity contribution is 0.228. The van der Waals surface area contributed by atoms with Gasteiger partial charge in [0.15, 0.2) is 0 Å². The molecule has 0 radical (unpaired) electrons. The van der Waals surface area contributed by atoms with Crippen LogP contribution in [0.15, 0.2) is 22.8 Å². The zero-order valence-electron chi connectivity index (χ0n) is 9.29. The zero-order chi connectivity index (χ0) is 10.4. The Bertz CT molecular complexity index is 233. The molecule has 0 saturated heterocycles. The second-order valence-corrected chi connectivity index (χ2v) is 3.63. The van der Waals surface area contributed by atoms with Crippen LogP contribution in [0.4, 0.5) is 0 Å². The Morgan fingerprint density at radius 1 is 1.57 bits per heavy atom. The van der Waals surface area contributed by atoms with E-state index in [0.29, 0.717) is 6.04 Å². The van der Waals surface area contributed by atoms with Crippen LogP contribution in [0.5, 0.6) is 0 Å². The number of furan rings is 1. The third-order valence-electron chi connectivity index (χ3n) is 2.55. The fourth-order valence-electron chi connectivity index (χ4n) is 1.45. The molecule has 14 heavy (non-hydrogen) atoms. The molecule has 0 saturated carbocycles. The van der Waals surface area contributed by atoms with Gasteiger partial charge in [0.25, 0.3) is 0 Å². The summed E-state index contributed by atoms with van der Waals surface area (Å²) in [6.45, 7) is 4.32. The highest BCUT2D eigenvalue weighted by atomic mass is 16.3. The molecule has 0 amide bonds. The minimum Gasteiger partial charge on any atom is -0.468 e. The second kappa shape index (κ2) is 5.83. The number of rotatable bonds is 6. The number of nitrogens with one attached hydrogen (secondary N) is 1.